The second kappa shape index (κ2) is 8.97. The number of benzene rings is 2. The summed E-state index contributed by atoms with van der Waals surface area (Å²) in [5.74, 6) is -0.811. The molecule has 0 radical (unpaired) electrons. The first kappa shape index (κ1) is 22.4. The lowest BCUT2D eigenvalue weighted by atomic mass is 10.1. The first-order valence-corrected chi connectivity index (χ1v) is 12.4. The summed E-state index contributed by atoms with van der Waals surface area (Å²) in [5.41, 5.74) is 0.529. The maximum Gasteiger partial charge on any atom is 0.261 e. The predicted molar refractivity (Wildman–Crippen MR) is 122 cm³/mol. The van der Waals surface area contributed by atoms with Crippen LogP contribution in [0.3, 0.4) is 0 Å². The number of anilines is 1. The van der Waals surface area contributed by atoms with Crippen LogP contribution in [-0.2, 0) is 14.8 Å². The Labute approximate surface area is 189 Å². The van der Waals surface area contributed by atoms with E-state index in [9.17, 15) is 22.4 Å². The SMILES string of the molecule is CC(=O)Nc1ccc(S(=O)(=O)N2CCC(NC(=O)c3cc4cc(F)ccc4s3)CC2)cc1. The highest BCUT2D eigenvalue weighted by atomic mass is 32.2. The maximum atomic E-state index is 13.4. The number of carbonyl (C=O) groups excluding carboxylic acids is 2. The Kier molecular flexibility index (Phi) is 6.27. The lowest BCUT2D eigenvalue weighted by molar-refractivity contribution is -0.114. The molecule has 1 fully saturated rings. The quantitative estimate of drug-likeness (QED) is 0.590. The van der Waals surface area contributed by atoms with Crippen LogP contribution in [0.25, 0.3) is 10.1 Å². The van der Waals surface area contributed by atoms with Gasteiger partial charge < -0.3 is 10.6 Å². The Hall–Kier alpha value is -2.82. The topological polar surface area (TPSA) is 95.6 Å². The third-order valence-electron chi connectivity index (χ3n) is 5.30. The third kappa shape index (κ3) is 4.82. The lowest BCUT2D eigenvalue weighted by Crippen LogP contribution is -2.46. The van der Waals surface area contributed by atoms with Gasteiger partial charge in [-0.3, -0.25) is 9.59 Å². The minimum atomic E-state index is -3.66. The van der Waals surface area contributed by atoms with Crippen LogP contribution in [-0.4, -0.2) is 43.7 Å². The van der Waals surface area contributed by atoms with Crippen molar-refractivity contribution in [2.45, 2.75) is 30.7 Å². The molecule has 4 rings (SSSR count). The summed E-state index contributed by atoms with van der Waals surface area (Å²) < 4.78 is 41.5. The fourth-order valence-corrected chi connectivity index (χ4v) is 6.10. The van der Waals surface area contributed by atoms with Crippen molar-refractivity contribution in [3.8, 4) is 0 Å². The van der Waals surface area contributed by atoms with Gasteiger partial charge in [0.1, 0.15) is 5.82 Å². The van der Waals surface area contributed by atoms with Gasteiger partial charge in [0.15, 0.2) is 0 Å². The van der Waals surface area contributed by atoms with Crippen molar-refractivity contribution in [3.63, 3.8) is 0 Å². The van der Waals surface area contributed by atoms with Crippen molar-refractivity contribution in [1.82, 2.24) is 9.62 Å². The number of piperidine rings is 1. The van der Waals surface area contributed by atoms with Gasteiger partial charge in [-0.05, 0) is 66.8 Å². The fraction of sp³-hybridized carbons (Fsp3) is 0.273. The van der Waals surface area contributed by atoms with Gasteiger partial charge in [0.05, 0.1) is 9.77 Å². The standard InChI is InChI=1S/C22H22FN3O4S2/c1-14(27)24-17-3-5-19(6-4-17)32(29,30)26-10-8-18(9-11-26)25-22(28)21-13-15-12-16(23)2-7-20(15)31-21/h2-7,12-13,18H,8-11H2,1H3,(H,24,27)(H,25,28). The molecule has 0 spiro atoms. The highest BCUT2D eigenvalue weighted by Gasteiger charge is 2.30. The van der Waals surface area contributed by atoms with Crippen molar-refractivity contribution < 1.29 is 22.4 Å². The molecule has 2 aromatic carbocycles. The van der Waals surface area contributed by atoms with Crippen LogP contribution < -0.4 is 10.6 Å². The van der Waals surface area contributed by atoms with Gasteiger partial charge in [-0.2, -0.15) is 4.31 Å². The Balaban J connectivity index is 1.36. The molecular formula is C22H22FN3O4S2. The predicted octanol–water partition coefficient (Wildman–Crippen LogP) is 3.58. The summed E-state index contributed by atoms with van der Waals surface area (Å²) in [4.78, 5) is 24.4. The summed E-state index contributed by atoms with van der Waals surface area (Å²) in [6.45, 7) is 1.96. The molecule has 0 saturated carbocycles. The first-order chi connectivity index (χ1) is 15.2. The zero-order chi connectivity index (χ0) is 22.9. The molecule has 1 saturated heterocycles. The number of fused-ring (bicyclic) bond motifs is 1. The van der Waals surface area contributed by atoms with Gasteiger partial charge in [0, 0.05) is 36.4 Å². The van der Waals surface area contributed by atoms with Gasteiger partial charge in [-0.15, -0.1) is 11.3 Å². The van der Waals surface area contributed by atoms with Crippen LogP contribution in [0.4, 0.5) is 10.1 Å². The van der Waals surface area contributed by atoms with Crippen molar-refractivity contribution in [2.75, 3.05) is 18.4 Å². The fourth-order valence-electron chi connectivity index (χ4n) is 3.69. The molecule has 0 aliphatic carbocycles. The van der Waals surface area contributed by atoms with Gasteiger partial charge in [0.25, 0.3) is 5.91 Å². The largest absolute Gasteiger partial charge is 0.349 e. The van der Waals surface area contributed by atoms with E-state index in [2.05, 4.69) is 10.6 Å². The number of hydrogen-bond acceptors (Lipinski definition) is 5. The summed E-state index contributed by atoms with van der Waals surface area (Å²) in [5, 5.41) is 6.26. The normalized spacial score (nSPS) is 15.6. The van der Waals surface area contributed by atoms with E-state index in [0.29, 0.717) is 41.9 Å². The number of nitrogens with one attached hydrogen (secondary N) is 2. The smallest absolute Gasteiger partial charge is 0.261 e. The van der Waals surface area contributed by atoms with Crippen LogP contribution in [0, 0.1) is 5.82 Å². The number of carbonyl (C=O) groups is 2. The Bertz CT molecular complexity index is 1260. The number of hydrogen-bond donors (Lipinski definition) is 2. The van der Waals surface area contributed by atoms with E-state index in [4.69, 9.17) is 0 Å². The molecule has 1 aromatic heterocycles. The molecular weight excluding hydrogens is 453 g/mol. The Morgan fingerprint density at radius 3 is 2.41 bits per heavy atom. The van der Waals surface area contributed by atoms with Gasteiger partial charge in [-0.1, -0.05) is 0 Å². The van der Waals surface area contributed by atoms with E-state index in [1.54, 1.807) is 24.3 Å². The van der Waals surface area contributed by atoms with E-state index < -0.39 is 10.0 Å². The molecule has 10 heteroatoms. The minimum Gasteiger partial charge on any atom is -0.349 e. The van der Waals surface area contributed by atoms with E-state index in [0.717, 1.165) is 4.70 Å². The molecule has 32 heavy (non-hydrogen) atoms. The molecule has 3 aromatic rings. The van der Waals surface area contributed by atoms with Gasteiger partial charge >= 0.3 is 0 Å². The maximum absolute atomic E-state index is 13.4. The summed E-state index contributed by atoms with van der Waals surface area (Å²) in [6, 6.07) is 12.0. The second-order valence-electron chi connectivity index (χ2n) is 7.65. The molecule has 2 N–H and O–H groups in total. The average molecular weight is 476 g/mol. The van der Waals surface area contributed by atoms with Gasteiger partial charge in [0.2, 0.25) is 15.9 Å². The summed E-state index contributed by atoms with van der Waals surface area (Å²) in [6.07, 6.45) is 0.989. The van der Waals surface area contributed by atoms with Crippen molar-refractivity contribution in [2.24, 2.45) is 0 Å². The molecule has 2 heterocycles. The monoisotopic (exact) mass is 475 g/mol. The molecule has 2 amide bonds. The number of thiophene rings is 1. The van der Waals surface area contributed by atoms with E-state index in [-0.39, 0.29) is 28.6 Å². The third-order valence-corrected chi connectivity index (χ3v) is 8.33. The van der Waals surface area contributed by atoms with Crippen molar-refractivity contribution in [3.05, 3.63) is 59.2 Å². The zero-order valence-corrected chi connectivity index (χ0v) is 18.9. The number of halogens is 1. The molecule has 1 aliphatic heterocycles. The van der Waals surface area contributed by atoms with Crippen molar-refractivity contribution >= 4 is 48.9 Å². The van der Waals surface area contributed by atoms with E-state index in [1.807, 2.05) is 0 Å². The van der Waals surface area contributed by atoms with E-state index in [1.165, 1.54) is 46.8 Å². The lowest BCUT2D eigenvalue weighted by Gasteiger charge is -2.31. The minimum absolute atomic E-state index is 0.141. The highest BCUT2D eigenvalue weighted by Crippen LogP contribution is 2.27. The molecule has 0 bridgehead atoms. The Morgan fingerprint density at radius 1 is 1.06 bits per heavy atom. The van der Waals surface area contributed by atoms with Crippen LogP contribution in [0.1, 0.15) is 29.4 Å². The molecule has 7 nitrogen and oxygen atoms in total. The summed E-state index contributed by atoms with van der Waals surface area (Å²) >= 11 is 1.30. The molecule has 0 atom stereocenters. The Morgan fingerprint density at radius 2 is 1.75 bits per heavy atom. The van der Waals surface area contributed by atoms with Crippen LogP contribution in [0.15, 0.2) is 53.4 Å². The first-order valence-electron chi connectivity index (χ1n) is 10.1. The average Bonchev–Trinajstić information content (AvgIpc) is 3.17. The molecule has 1 aliphatic rings. The van der Waals surface area contributed by atoms with Crippen molar-refractivity contribution in [1.29, 1.82) is 0 Å². The molecule has 0 unspecified atom stereocenters. The summed E-state index contributed by atoms with van der Waals surface area (Å²) in [7, 11) is -3.66. The number of sulfonamides is 1. The molecule has 168 valence electrons. The van der Waals surface area contributed by atoms with E-state index >= 15 is 0 Å². The number of rotatable bonds is 5. The highest BCUT2D eigenvalue weighted by molar-refractivity contribution is 7.89. The second-order valence-corrected chi connectivity index (χ2v) is 10.7. The van der Waals surface area contributed by atoms with Crippen LogP contribution >= 0.6 is 11.3 Å². The number of amides is 2. The van der Waals surface area contributed by atoms with Gasteiger partial charge in [-0.25, -0.2) is 12.8 Å². The van der Waals surface area contributed by atoms with Crippen LogP contribution in [0.2, 0.25) is 0 Å². The van der Waals surface area contributed by atoms with Crippen LogP contribution in [0.5, 0.6) is 0 Å². The number of nitrogens with zero attached hydrogens (tertiary/aromatic N) is 1. The zero-order valence-electron chi connectivity index (χ0n) is 17.3.